The first-order valence-electron chi connectivity index (χ1n) is 13.7. The molecule has 4 heteroatoms. The van der Waals surface area contributed by atoms with E-state index in [1.165, 1.54) is 5.57 Å². The molecule has 0 aromatic rings. The smallest absolute Gasteiger partial charge is 0.310 e. The largest absolute Gasteiger partial charge is 0.481 e. The van der Waals surface area contributed by atoms with Crippen LogP contribution in [0.3, 0.4) is 0 Å². The summed E-state index contributed by atoms with van der Waals surface area (Å²) in [5.41, 5.74) is 0.0736. The Balaban J connectivity index is 1.62. The highest BCUT2D eigenvalue weighted by molar-refractivity contribution is 5.87. The normalized spacial score (nSPS) is 51.3. The number of carboxylic acids is 1. The number of carbonyl (C=O) groups excluding carboxylic acids is 1. The Bertz CT molecular complexity index is 961. The minimum Gasteiger partial charge on any atom is -0.481 e. The van der Waals surface area contributed by atoms with Gasteiger partial charge in [0.05, 0.1) is 11.5 Å². The van der Waals surface area contributed by atoms with Crippen molar-refractivity contribution < 1.29 is 19.8 Å². The summed E-state index contributed by atoms with van der Waals surface area (Å²) in [7, 11) is 0. The van der Waals surface area contributed by atoms with E-state index in [-0.39, 0.29) is 51.6 Å². The number of carboxylic acid groups (broad SMARTS) is 1. The lowest BCUT2D eigenvalue weighted by Crippen LogP contribution is -2.66. The summed E-state index contributed by atoms with van der Waals surface area (Å²) in [5.74, 6) is 0.232. The Morgan fingerprint density at radius 1 is 0.882 bits per heavy atom. The van der Waals surface area contributed by atoms with Gasteiger partial charge in [0, 0.05) is 11.8 Å². The van der Waals surface area contributed by atoms with Crippen molar-refractivity contribution in [1.82, 2.24) is 0 Å². The van der Waals surface area contributed by atoms with Crippen molar-refractivity contribution in [2.45, 2.75) is 112 Å². The molecule has 4 fully saturated rings. The van der Waals surface area contributed by atoms with Gasteiger partial charge in [-0.15, -0.1) is 0 Å². The van der Waals surface area contributed by atoms with Crippen molar-refractivity contribution in [3.63, 3.8) is 0 Å². The zero-order chi connectivity index (χ0) is 25.1. The number of rotatable bonds is 1. The Morgan fingerprint density at radius 3 is 2.09 bits per heavy atom. The molecule has 0 bridgehead atoms. The van der Waals surface area contributed by atoms with Crippen molar-refractivity contribution in [2.75, 3.05) is 0 Å². The second kappa shape index (κ2) is 6.99. The van der Waals surface area contributed by atoms with E-state index in [0.29, 0.717) is 6.42 Å². The molecule has 190 valence electrons. The molecule has 34 heavy (non-hydrogen) atoms. The quantitative estimate of drug-likeness (QED) is 0.434. The van der Waals surface area contributed by atoms with Crippen LogP contribution in [0.1, 0.15) is 106 Å². The monoisotopic (exact) mass is 470 g/mol. The van der Waals surface area contributed by atoms with Gasteiger partial charge in [-0.05, 0) is 90.8 Å². The molecule has 0 unspecified atom stereocenters. The summed E-state index contributed by atoms with van der Waals surface area (Å²) in [5, 5.41) is 21.3. The molecule has 0 aromatic heterocycles. The van der Waals surface area contributed by atoms with Crippen LogP contribution < -0.4 is 0 Å². The number of allylic oxidation sites excluding steroid dienone is 2. The molecule has 0 spiro atoms. The number of Topliss-reactive ketones (excluding diaryl/α,β-unsaturated/α-hetero) is 1. The number of ketones is 1. The van der Waals surface area contributed by atoms with Crippen LogP contribution in [0.15, 0.2) is 11.6 Å². The van der Waals surface area contributed by atoms with Crippen LogP contribution in [-0.2, 0) is 9.59 Å². The average molecular weight is 471 g/mol. The highest BCUT2D eigenvalue weighted by atomic mass is 16.4. The topological polar surface area (TPSA) is 74.6 Å². The van der Waals surface area contributed by atoms with Crippen molar-refractivity contribution >= 4 is 11.8 Å². The molecule has 0 radical (unpaired) electrons. The summed E-state index contributed by atoms with van der Waals surface area (Å²) in [6.45, 7) is 15.9. The van der Waals surface area contributed by atoms with Gasteiger partial charge in [0.15, 0.2) is 0 Å². The van der Waals surface area contributed by atoms with Crippen LogP contribution in [0.2, 0.25) is 0 Å². The van der Waals surface area contributed by atoms with Gasteiger partial charge in [-0.25, -0.2) is 0 Å². The van der Waals surface area contributed by atoms with E-state index in [1.54, 1.807) is 0 Å². The van der Waals surface area contributed by atoms with Gasteiger partial charge in [0.1, 0.15) is 5.78 Å². The molecule has 5 rings (SSSR count). The summed E-state index contributed by atoms with van der Waals surface area (Å²) in [6.07, 6.45) is 9.30. The summed E-state index contributed by atoms with van der Waals surface area (Å²) < 4.78 is 0. The number of hydrogen-bond donors (Lipinski definition) is 2. The number of carbonyl (C=O) groups is 2. The van der Waals surface area contributed by atoms with Crippen molar-refractivity contribution in [1.29, 1.82) is 0 Å². The van der Waals surface area contributed by atoms with Gasteiger partial charge in [0.2, 0.25) is 0 Å². The van der Waals surface area contributed by atoms with E-state index < -0.39 is 22.9 Å². The fraction of sp³-hybridized carbons (Fsp3) is 0.867. The summed E-state index contributed by atoms with van der Waals surface area (Å²) in [6, 6.07) is 0. The van der Waals surface area contributed by atoms with Crippen molar-refractivity contribution in [3.05, 3.63) is 11.6 Å². The van der Waals surface area contributed by atoms with Gasteiger partial charge in [0.25, 0.3) is 0 Å². The molecule has 2 N–H and O–H groups in total. The third kappa shape index (κ3) is 2.81. The fourth-order valence-corrected chi connectivity index (χ4v) is 10.5. The standard InChI is InChI=1S/C30H46O4/c1-25(2)14-15-30(24(33)34)13-10-19-27(5)11-8-18-26(3,4)22(31)16-23(32)29(18,7)20(27)9-12-28(19,6)21(30)17-25/h10,18,20-22,31H,8-9,11-17H2,1-7H3,(H,33,34)/t18-,20-,21-,22-,27-,28+,29-,30+/m0/s1. The van der Waals surface area contributed by atoms with Crippen LogP contribution in [0, 0.1) is 50.2 Å². The van der Waals surface area contributed by atoms with Gasteiger partial charge >= 0.3 is 5.97 Å². The second-order valence-electron chi connectivity index (χ2n) is 15.0. The molecular formula is C30H46O4. The third-order valence-corrected chi connectivity index (χ3v) is 12.6. The van der Waals surface area contributed by atoms with E-state index >= 15 is 0 Å². The molecule has 0 heterocycles. The summed E-state index contributed by atoms with van der Waals surface area (Å²) >= 11 is 0. The fourth-order valence-electron chi connectivity index (χ4n) is 10.5. The van der Waals surface area contributed by atoms with Gasteiger partial charge in [-0.3, -0.25) is 9.59 Å². The van der Waals surface area contributed by atoms with Crippen LogP contribution in [0.5, 0.6) is 0 Å². The Hall–Kier alpha value is -1.16. The molecule has 8 atom stereocenters. The van der Waals surface area contributed by atoms with Gasteiger partial charge < -0.3 is 10.2 Å². The molecule has 0 aromatic carbocycles. The minimum atomic E-state index is -0.648. The Kier molecular flexibility index (Phi) is 5.04. The molecule has 5 aliphatic carbocycles. The molecule has 5 aliphatic rings. The van der Waals surface area contributed by atoms with E-state index in [9.17, 15) is 19.8 Å². The van der Waals surface area contributed by atoms with Crippen LogP contribution in [0.4, 0.5) is 0 Å². The summed E-state index contributed by atoms with van der Waals surface area (Å²) in [4.78, 5) is 26.5. The number of aliphatic hydroxyl groups is 1. The molecule has 0 aliphatic heterocycles. The average Bonchev–Trinajstić information content (AvgIpc) is 2.72. The van der Waals surface area contributed by atoms with Crippen LogP contribution in [0.25, 0.3) is 0 Å². The predicted octanol–water partition coefficient (Wildman–Crippen LogP) is 6.41. The third-order valence-electron chi connectivity index (χ3n) is 12.6. The van der Waals surface area contributed by atoms with Gasteiger partial charge in [-0.2, -0.15) is 0 Å². The molecular weight excluding hydrogens is 424 g/mol. The first-order chi connectivity index (χ1) is 15.6. The van der Waals surface area contributed by atoms with Crippen LogP contribution >= 0.6 is 0 Å². The lowest BCUT2D eigenvalue weighted by Gasteiger charge is -2.69. The number of aliphatic hydroxyl groups excluding tert-OH is 1. The number of hydrogen-bond acceptors (Lipinski definition) is 3. The van der Waals surface area contributed by atoms with Crippen LogP contribution in [-0.4, -0.2) is 28.1 Å². The number of fused-ring (bicyclic) bond motifs is 7. The maximum absolute atomic E-state index is 13.7. The first kappa shape index (κ1) is 24.5. The highest BCUT2D eigenvalue weighted by Crippen LogP contribution is 2.74. The van der Waals surface area contributed by atoms with Gasteiger partial charge in [-0.1, -0.05) is 60.1 Å². The van der Waals surface area contributed by atoms with Crippen molar-refractivity contribution in [2.24, 2.45) is 50.2 Å². The molecule has 4 nitrogen and oxygen atoms in total. The molecule has 4 saturated carbocycles. The zero-order valence-corrected chi connectivity index (χ0v) is 22.5. The van der Waals surface area contributed by atoms with E-state index in [2.05, 4.69) is 54.5 Å². The predicted molar refractivity (Wildman–Crippen MR) is 133 cm³/mol. The maximum Gasteiger partial charge on any atom is 0.310 e. The first-order valence-corrected chi connectivity index (χ1v) is 13.7. The zero-order valence-electron chi connectivity index (χ0n) is 22.5. The SMILES string of the molecule is CC1(C)CC[C@]2(C(=O)O)CC=C3[C@]4(C)CC[C@H]5C(C)(C)[C@@H](O)CC(=O)[C@]5(C)[C@H]4CC[C@@]3(C)[C@@H]2C1. The number of aliphatic carboxylic acids is 1. The minimum absolute atomic E-state index is 0.0848. The lowest BCUT2D eigenvalue weighted by molar-refractivity contribution is -0.192. The van der Waals surface area contributed by atoms with Crippen molar-refractivity contribution in [3.8, 4) is 0 Å². The Morgan fingerprint density at radius 2 is 1.47 bits per heavy atom. The van der Waals surface area contributed by atoms with E-state index in [0.717, 1.165) is 44.9 Å². The molecule has 0 saturated heterocycles. The lowest BCUT2D eigenvalue weighted by atomic mass is 9.34. The second-order valence-corrected chi connectivity index (χ2v) is 15.0. The van der Waals surface area contributed by atoms with E-state index in [4.69, 9.17) is 0 Å². The molecule has 0 amide bonds. The maximum atomic E-state index is 13.7. The van der Waals surface area contributed by atoms with E-state index in [1.807, 2.05) is 0 Å². The Labute approximate surface area is 206 Å². The highest BCUT2D eigenvalue weighted by Gasteiger charge is 2.70.